The van der Waals surface area contributed by atoms with Crippen LogP contribution < -0.4 is 4.90 Å². The lowest BCUT2D eigenvalue weighted by Gasteiger charge is -2.30. The van der Waals surface area contributed by atoms with Gasteiger partial charge in [0.1, 0.15) is 23.3 Å². The van der Waals surface area contributed by atoms with Gasteiger partial charge in [0.15, 0.2) is 5.15 Å². The van der Waals surface area contributed by atoms with E-state index in [9.17, 15) is 9.35 Å². The summed E-state index contributed by atoms with van der Waals surface area (Å²) in [7, 11) is 5.03. The van der Waals surface area contributed by atoms with Gasteiger partial charge in [-0.1, -0.05) is 15.9 Å². The minimum atomic E-state index is -1.41. The average Bonchev–Trinajstić information content (AvgIpc) is 3.02. The molecule has 0 aliphatic heterocycles. The first kappa shape index (κ1) is 20.7. The molecule has 0 saturated heterocycles. The van der Waals surface area contributed by atoms with Crippen LogP contribution >= 0.6 is 11.6 Å². The molecule has 0 bridgehead atoms. The topological polar surface area (TPSA) is 80.6 Å². The van der Waals surface area contributed by atoms with Gasteiger partial charge in [-0.25, -0.2) is 4.68 Å². The van der Waals surface area contributed by atoms with E-state index >= 15 is 0 Å². The predicted octanol–water partition coefficient (Wildman–Crippen LogP) is 1.73. The summed E-state index contributed by atoms with van der Waals surface area (Å²) in [6, 6.07) is 3.03. The van der Waals surface area contributed by atoms with Crippen molar-refractivity contribution in [2.24, 2.45) is 0 Å². The Morgan fingerprint density at radius 2 is 2.12 bits per heavy atom. The molecule has 0 fully saturated rings. The molecular formula is C16H23ClN6O2S. The zero-order valence-corrected chi connectivity index (χ0v) is 17.0. The first-order chi connectivity index (χ1) is 12.3. The molecule has 0 aliphatic rings. The summed E-state index contributed by atoms with van der Waals surface area (Å²) >= 11 is 4.87. The van der Waals surface area contributed by atoms with Crippen molar-refractivity contribution < 1.29 is 9.35 Å². The number of aromatic nitrogens is 3. The molecule has 2 atom stereocenters. The fourth-order valence-electron chi connectivity index (χ4n) is 2.37. The molecule has 2 heterocycles. The zero-order valence-electron chi connectivity index (χ0n) is 15.5. The van der Waals surface area contributed by atoms with Gasteiger partial charge < -0.3 is 9.45 Å². The SMILES string of the molecule is CCN(C(=O)C(C)N(C)[S+]([O-])N(C)C)c1cn(-c2cccnc2)nc1Cl. The molecule has 2 aromatic rings. The highest BCUT2D eigenvalue weighted by atomic mass is 35.5. The number of likely N-dealkylation sites (N-methyl/N-ethyl adjacent to an activating group) is 2. The Morgan fingerprint density at radius 1 is 1.42 bits per heavy atom. The Bertz CT molecular complexity index is 742. The normalized spacial score (nSPS) is 13.9. The van der Waals surface area contributed by atoms with E-state index in [0.29, 0.717) is 12.2 Å². The number of amides is 1. The van der Waals surface area contributed by atoms with Crippen molar-refractivity contribution in [3.05, 3.63) is 35.9 Å². The fourth-order valence-corrected chi connectivity index (χ4v) is 3.47. The van der Waals surface area contributed by atoms with E-state index in [-0.39, 0.29) is 11.1 Å². The molecule has 2 aromatic heterocycles. The smallest absolute Gasteiger partial charge is 0.248 e. The van der Waals surface area contributed by atoms with Gasteiger partial charge in [0.25, 0.3) is 0 Å². The molecule has 8 nitrogen and oxygen atoms in total. The van der Waals surface area contributed by atoms with Crippen molar-refractivity contribution in [2.45, 2.75) is 19.9 Å². The summed E-state index contributed by atoms with van der Waals surface area (Å²) in [5.41, 5.74) is 1.24. The van der Waals surface area contributed by atoms with E-state index < -0.39 is 17.6 Å². The lowest BCUT2D eigenvalue weighted by Crippen LogP contribution is -2.50. The second-order valence-corrected chi connectivity index (χ2v) is 7.93. The van der Waals surface area contributed by atoms with Crippen LogP contribution in [-0.4, -0.2) is 67.6 Å². The fraction of sp³-hybridized carbons (Fsp3) is 0.438. The van der Waals surface area contributed by atoms with Crippen LogP contribution in [0.5, 0.6) is 0 Å². The van der Waals surface area contributed by atoms with E-state index in [4.69, 9.17) is 11.6 Å². The molecule has 2 unspecified atom stereocenters. The minimum absolute atomic E-state index is 0.210. The number of pyridine rings is 1. The van der Waals surface area contributed by atoms with Crippen molar-refractivity contribution in [2.75, 3.05) is 32.6 Å². The summed E-state index contributed by atoms with van der Waals surface area (Å²) in [5.74, 6) is -0.210. The van der Waals surface area contributed by atoms with Crippen LogP contribution in [0.3, 0.4) is 0 Å². The number of rotatable bonds is 7. The molecule has 142 valence electrons. The van der Waals surface area contributed by atoms with Crippen LogP contribution in [0.2, 0.25) is 5.15 Å². The molecule has 0 aliphatic carbocycles. The van der Waals surface area contributed by atoms with Gasteiger partial charge in [-0.15, -0.1) is 4.31 Å². The number of nitrogens with zero attached hydrogens (tertiary/aromatic N) is 6. The highest BCUT2D eigenvalue weighted by molar-refractivity contribution is 7.86. The van der Waals surface area contributed by atoms with Crippen LogP contribution in [0.15, 0.2) is 30.7 Å². The Labute approximate surface area is 161 Å². The summed E-state index contributed by atoms with van der Waals surface area (Å²) in [5, 5.41) is 4.48. The first-order valence-electron chi connectivity index (χ1n) is 8.07. The van der Waals surface area contributed by atoms with E-state index in [2.05, 4.69) is 10.1 Å². The number of carbonyl (C=O) groups excluding carboxylic acids is 1. The number of hydrogen-bond donors (Lipinski definition) is 0. The summed E-state index contributed by atoms with van der Waals surface area (Å²) < 4.78 is 16.9. The van der Waals surface area contributed by atoms with Crippen LogP contribution in [0.25, 0.3) is 5.69 Å². The van der Waals surface area contributed by atoms with Crippen LogP contribution in [0, 0.1) is 0 Å². The zero-order chi connectivity index (χ0) is 19.4. The minimum Gasteiger partial charge on any atom is -0.578 e. The Hall–Kier alpha value is -1.65. The summed E-state index contributed by atoms with van der Waals surface area (Å²) in [4.78, 5) is 18.6. The third-order valence-electron chi connectivity index (χ3n) is 3.90. The highest BCUT2D eigenvalue weighted by Crippen LogP contribution is 2.27. The molecule has 2 rings (SSSR count). The monoisotopic (exact) mass is 398 g/mol. The molecule has 0 spiro atoms. The maximum atomic E-state index is 13.0. The molecule has 0 aromatic carbocycles. The maximum absolute atomic E-state index is 13.0. The van der Waals surface area contributed by atoms with E-state index in [0.717, 1.165) is 5.69 Å². The maximum Gasteiger partial charge on any atom is 0.248 e. The van der Waals surface area contributed by atoms with Crippen molar-refractivity contribution >= 4 is 34.7 Å². The van der Waals surface area contributed by atoms with Gasteiger partial charge in [-0.05, 0) is 26.0 Å². The third-order valence-corrected chi connectivity index (χ3v) is 5.60. The molecular weight excluding hydrogens is 376 g/mol. The lowest BCUT2D eigenvalue weighted by atomic mass is 10.2. The second kappa shape index (κ2) is 8.83. The highest BCUT2D eigenvalue weighted by Gasteiger charge is 2.33. The van der Waals surface area contributed by atoms with Gasteiger partial charge in [-0.3, -0.25) is 9.78 Å². The molecule has 0 N–H and O–H groups in total. The van der Waals surface area contributed by atoms with Gasteiger partial charge in [-0.2, -0.15) is 5.10 Å². The van der Waals surface area contributed by atoms with E-state index in [1.165, 1.54) is 13.5 Å². The van der Waals surface area contributed by atoms with Gasteiger partial charge in [0.2, 0.25) is 5.91 Å². The third kappa shape index (κ3) is 4.36. The van der Waals surface area contributed by atoms with Crippen molar-refractivity contribution in [1.82, 2.24) is 23.4 Å². The van der Waals surface area contributed by atoms with Gasteiger partial charge >= 0.3 is 0 Å². The quantitative estimate of drug-likeness (QED) is 0.661. The number of carbonyl (C=O) groups is 1. The van der Waals surface area contributed by atoms with Crippen LogP contribution in [0.1, 0.15) is 13.8 Å². The van der Waals surface area contributed by atoms with E-state index in [1.54, 1.807) is 57.4 Å². The summed E-state index contributed by atoms with van der Waals surface area (Å²) in [6.45, 7) is 3.97. The number of anilines is 1. The van der Waals surface area contributed by atoms with Crippen LogP contribution in [-0.2, 0) is 16.3 Å². The Morgan fingerprint density at radius 3 is 2.65 bits per heavy atom. The van der Waals surface area contributed by atoms with E-state index in [1.807, 2.05) is 13.0 Å². The average molecular weight is 399 g/mol. The predicted molar refractivity (Wildman–Crippen MR) is 103 cm³/mol. The van der Waals surface area contributed by atoms with Gasteiger partial charge in [0.05, 0.1) is 18.1 Å². The molecule has 0 radical (unpaired) electrons. The van der Waals surface area contributed by atoms with Crippen molar-refractivity contribution in [3.63, 3.8) is 0 Å². The second-order valence-electron chi connectivity index (χ2n) is 5.81. The molecule has 1 amide bonds. The first-order valence-corrected chi connectivity index (χ1v) is 9.51. The van der Waals surface area contributed by atoms with Crippen molar-refractivity contribution in [1.29, 1.82) is 0 Å². The molecule has 26 heavy (non-hydrogen) atoms. The largest absolute Gasteiger partial charge is 0.578 e. The Kier molecular flexibility index (Phi) is 7.01. The van der Waals surface area contributed by atoms with Crippen LogP contribution in [0.4, 0.5) is 5.69 Å². The van der Waals surface area contributed by atoms with Crippen molar-refractivity contribution in [3.8, 4) is 5.69 Å². The Balaban J connectivity index is 2.28. The standard InChI is InChI=1S/C16H23ClN6O2S/c1-6-22(16(24)12(2)21(5)26(25)20(3)4)14-11-23(19-15(14)17)13-8-7-9-18-10-13/h7-12H,6H2,1-5H3. The summed E-state index contributed by atoms with van der Waals surface area (Å²) in [6.07, 6.45) is 5.01. The molecule has 0 saturated carbocycles. The van der Waals surface area contributed by atoms with Gasteiger partial charge in [0, 0.05) is 33.9 Å². The number of hydrogen-bond acceptors (Lipinski definition) is 6. The number of halogens is 1. The lowest BCUT2D eigenvalue weighted by molar-refractivity contribution is -0.121. The molecule has 10 heteroatoms.